The fourth-order valence-electron chi connectivity index (χ4n) is 3.25. The smallest absolute Gasteiger partial charge is 0.354 e. The largest absolute Gasteiger partial charge is 0.477 e. The zero-order valence-electron chi connectivity index (χ0n) is 17.2. The second-order valence-corrected chi connectivity index (χ2v) is 7.14. The highest BCUT2D eigenvalue weighted by Crippen LogP contribution is 2.37. The maximum atomic E-state index is 12.3. The van der Waals surface area contributed by atoms with Gasteiger partial charge in [-0.3, -0.25) is 4.98 Å². The predicted molar refractivity (Wildman–Crippen MR) is 110 cm³/mol. The second-order valence-electron chi connectivity index (χ2n) is 7.14. The SMILES string of the molecule is CC(C)c1ccc(F)cn1.CC=O.CN1c2nc(C(=O)O)ccc2N2CCC1C2. The molecule has 2 aliphatic heterocycles. The maximum Gasteiger partial charge on any atom is 0.354 e. The number of anilines is 2. The summed E-state index contributed by atoms with van der Waals surface area (Å²) in [6.45, 7) is 7.56. The number of likely N-dealkylation sites (N-methyl/N-ethyl adjacent to an activating group) is 1. The van der Waals surface area contributed by atoms with Crippen LogP contribution in [0.5, 0.6) is 0 Å². The zero-order valence-corrected chi connectivity index (χ0v) is 17.2. The van der Waals surface area contributed by atoms with Crippen molar-refractivity contribution in [3.05, 3.63) is 47.7 Å². The molecule has 0 spiro atoms. The van der Waals surface area contributed by atoms with Gasteiger partial charge in [-0.15, -0.1) is 0 Å². The van der Waals surface area contributed by atoms with E-state index in [4.69, 9.17) is 9.90 Å². The van der Waals surface area contributed by atoms with E-state index < -0.39 is 5.97 Å². The molecule has 0 aliphatic carbocycles. The van der Waals surface area contributed by atoms with Crippen LogP contribution in [-0.4, -0.2) is 53.5 Å². The molecule has 8 heteroatoms. The summed E-state index contributed by atoms with van der Waals surface area (Å²) < 4.78 is 12.3. The normalized spacial score (nSPS) is 16.3. The van der Waals surface area contributed by atoms with Crippen LogP contribution in [0.2, 0.25) is 0 Å². The Kier molecular flexibility index (Phi) is 7.64. The average Bonchev–Trinajstić information content (AvgIpc) is 3.13. The van der Waals surface area contributed by atoms with Crippen molar-refractivity contribution in [3.8, 4) is 0 Å². The molecule has 1 unspecified atom stereocenters. The van der Waals surface area contributed by atoms with E-state index in [2.05, 4.69) is 19.8 Å². The number of carboxylic acid groups (broad SMARTS) is 1. The molecule has 0 radical (unpaired) electrons. The maximum absolute atomic E-state index is 12.3. The number of carbonyl (C=O) groups excluding carboxylic acids is 1. The molecule has 2 aromatic heterocycles. The number of aldehydes is 1. The van der Waals surface area contributed by atoms with E-state index in [1.807, 2.05) is 27.0 Å². The van der Waals surface area contributed by atoms with Crippen molar-refractivity contribution in [2.75, 3.05) is 29.9 Å². The van der Waals surface area contributed by atoms with Crippen LogP contribution in [0.3, 0.4) is 0 Å². The van der Waals surface area contributed by atoms with Crippen LogP contribution in [0.4, 0.5) is 15.9 Å². The molecule has 29 heavy (non-hydrogen) atoms. The second kappa shape index (κ2) is 9.95. The van der Waals surface area contributed by atoms with Crippen LogP contribution in [0.25, 0.3) is 0 Å². The molecular weight excluding hydrogens is 375 g/mol. The van der Waals surface area contributed by atoms with Gasteiger partial charge >= 0.3 is 5.97 Å². The van der Waals surface area contributed by atoms with Crippen molar-refractivity contribution in [2.24, 2.45) is 0 Å². The van der Waals surface area contributed by atoms with E-state index in [9.17, 15) is 9.18 Å². The highest BCUT2D eigenvalue weighted by molar-refractivity contribution is 5.87. The number of fused-ring (bicyclic) bond motifs is 4. The first-order valence-electron chi connectivity index (χ1n) is 9.51. The minimum atomic E-state index is -0.968. The molecule has 2 bridgehead atoms. The summed E-state index contributed by atoms with van der Waals surface area (Å²) in [5.41, 5.74) is 2.11. The van der Waals surface area contributed by atoms with Crippen LogP contribution in [0.15, 0.2) is 30.5 Å². The quantitative estimate of drug-likeness (QED) is 0.771. The van der Waals surface area contributed by atoms with Gasteiger partial charge in [0.15, 0.2) is 11.5 Å². The third-order valence-electron chi connectivity index (χ3n) is 4.80. The van der Waals surface area contributed by atoms with E-state index in [-0.39, 0.29) is 11.5 Å². The van der Waals surface area contributed by atoms with Crippen LogP contribution in [0, 0.1) is 5.82 Å². The molecule has 2 aliphatic rings. The van der Waals surface area contributed by atoms with Crippen molar-refractivity contribution in [1.82, 2.24) is 9.97 Å². The lowest BCUT2D eigenvalue weighted by atomic mass is 10.1. The van der Waals surface area contributed by atoms with Gasteiger partial charge in [-0.2, -0.15) is 0 Å². The van der Waals surface area contributed by atoms with Gasteiger partial charge in [-0.25, -0.2) is 14.2 Å². The molecule has 2 aromatic rings. The monoisotopic (exact) mass is 402 g/mol. The topological polar surface area (TPSA) is 86.6 Å². The summed E-state index contributed by atoms with van der Waals surface area (Å²) in [6, 6.07) is 7.06. The molecule has 0 saturated carbocycles. The molecule has 156 valence electrons. The fraction of sp³-hybridized carbons (Fsp3) is 0.429. The minimum Gasteiger partial charge on any atom is -0.477 e. The summed E-state index contributed by atoms with van der Waals surface area (Å²) in [7, 11) is 1.99. The molecule has 7 nitrogen and oxygen atoms in total. The fourth-order valence-corrected chi connectivity index (χ4v) is 3.25. The van der Waals surface area contributed by atoms with Gasteiger partial charge in [0.25, 0.3) is 0 Å². The third kappa shape index (κ3) is 5.49. The number of hydrogen-bond donors (Lipinski definition) is 1. The molecule has 1 fully saturated rings. The Balaban J connectivity index is 0.000000199. The van der Waals surface area contributed by atoms with Crippen LogP contribution in [0.1, 0.15) is 49.3 Å². The van der Waals surface area contributed by atoms with Gasteiger partial charge in [0, 0.05) is 31.9 Å². The molecule has 1 atom stereocenters. The van der Waals surface area contributed by atoms with Crippen molar-refractivity contribution in [3.63, 3.8) is 0 Å². The van der Waals surface area contributed by atoms with E-state index in [1.54, 1.807) is 12.1 Å². The van der Waals surface area contributed by atoms with Crippen molar-refractivity contribution >= 4 is 23.8 Å². The number of hydrogen-bond acceptors (Lipinski definition) is 6. The van der Waals surface area contributed by atoms with Gasteiger partial charge in [-0.05, 0) is 43.5 Å². The molecule has 1 saturated heterocycles. The van der Waals surface area contributed by atoms with Crippen molar-refractivity contribution in [2.45, 2.75) is 39.2 Å². The van der Waals surface area contributed by atoms with Crippen LogP contribution < -0.4 is 9.80 Å². The standard InChI is InChI=1S/C11H13N3O2.C8H10FN.C2H4O/c1-13-7-4-5-14(6-7)9-3-2-8(11(15)16)12-10(9)13;1-6(2)8-4-3-7(9)5-10-8;1-2-3/h2-3,7H,4-6H2,1H3,(H,15,16);3-6H,1-2H3;2H,1H3. The lowest BCUT2D eigenvalue weighted by Gasteiger charge is -2.34. The summed E-state index contributed by atoms with van der Waals surface area (Å²) in [4.78, 5) is 32.2. The number of aromatic nitrogens is 2. The predicted octanol–water partition coefficient (Wildman–Crippen LogP) is 3.36. The van der Waals surface area contributed by atoms with Crippen LogP contribution >= 0.6 is 0 Å². The average molecular weight is 402 g/mol. The summed E-state index contributed by atoms with van der Waals surface area (Å²) in [5.74, 6) is -0.0669. The zero-order chi connectivity index (χ0) is 21.6. The van der Waals surface area contributed by atoms with Crippen molar-refractivity contribution < 1.29 is 19.1 Å². The minimum absolute atomic E-state index is 0.119. The summed E-state index contributed by atoms with van der Waals surface area (Å²) >= 11 is 0. The number of carboxylic acids is 1. The highest BCUT2D eigenvalue weighted by Gasteiger charge is 2.35. The van der Waals surface area contributed by atoms with Gasteiger partial charge in [0.05, 0.1) is 11.9 Å². The number of carbonyl (C=O) groups is 2. The molecule has 1 N–H and O–H groups in total. The Hall–Kier alpha value is -3.03. The van der Waals surface area contributed by atoms with E-state index in [0.29, 0.717) is 12.0 Å². The first-order chi connectivity index (χ1) is 13.8. The molecule has 4 heterocycles. The summed E-state index contributed by atoms with van der Waals surface area (Å²) in [5, 5.41) is 8.93. The first kappa shape index (κ1) is 22.3. The van der Waals surface area contributed by atoms with Crippen LogP contribution in [-0.2, 0) is 4.79 Å². The number of nitrogens with zero attached hydrogens (tertiary/aromatic N) is 4. The molecule has 4 rings (SSSR count). The highest BCUT2D eigenvalue weighted by atomic mass is 19.1. The molecular formula is C21H27FN4O3. The number of rotatable bonds is 2. The Morgan fingerprint density at radius 3 is 2.55 bits per heavy atom. The van der Waals surface area contributed by atoms with Gasteiger partial charge in [0.2, 0.25) is 0 Å². The Bertz CT molecular complexity index is 842. The Labute approximate surface area is 170 Å². The lowest BCUT2D eigenvalue weighted by molar-refractivity contribution is -0.106. The summed E-state index contributed by atoms with van der Waals surface area (Å²) in [6.07, 6.45) is 3.12. The van der Waals surface area contributed by atoms with Crippen molar-refractivity contribution in [1.29, 1.82) is 0 Å². The first-order valence-corrected chi connectivity index (χ1v) is 9.51. The Morgan fingerprint density at radius 2 is 2.00 bits per heavy atom. The molecule has 0 aromatic carbocycles. The number of aromatic carboxylic acids is 1. The third-order valence-corrected chi connectivity index (χ3v) is 4.80. The van der Waals surface area contributed by atoms with Gasteiger partial charge < -0.3 is 19.7 Å². The van der Waals surface area contributed by atoms with E-state index in [0.717, 1.165) is 43.0 Å². The number of halogens is 1. The van der Waals surface area contributed by atoms with E-state index in [1.165, 1.54) is 19.2 Å². The van der Waals surface area contributed by atoms with Gasteiger partial charge in [0.1, 0.15) is 12.1 Å². The van der Waals surface area contributed by atoms with E-state index >= 15 is 0 Å². The number of pyridine rings is 2. The Morgan fingerprint density at radius 1 is 1.31 bits per heavy atom. The van der Waals surface area contributed by atoms with Gasteiger partial charge in [-0.1, -0.05) is 13.8 Å². The molecule has 0 amide bonds. The lowest BCUT2D eigenvalue weighted by Crippen LogP contribution is -2.40.